The van der Waals surface area contributed by atoms with Crippen LogP contribution in [0.3, 0.4) is 0 Å². The zero-order chi connectivity index (χ0) is 24.5. The first-order valence-electron chi connectivity index (χ1n) is 12.7. The van der Waals surface area contributed by atoms with E-state index in [-0.39, 0.29) is 0 Å². The van der Waals surface area contributed by atoms with E-state index in [1.165, 1.54) is 37.3 Å². The molecule has 4 heterocycles. The normalized spacial score (nSPS) is 15.0. The minimum atomic E-state index is 0.535. The van der Waals surface area contributed by atoms with E-state index in [9.17, 15) is 0 Å². The zero-order valence-corrected chi connectivity index (χ0v) is 22.0. The zero-order valence-electron chi connectivity index (χ0n) is 21.2. The van der Waals surface area contributed by atoms with Gasteiger partial charge in [-0.2, -0.15) is 5.10 Å². The van der Waals surface area contributed by atoms with Gasteiger partial charge in [-0.15, -0.1) is 11.3 Å². The van der Waals surface area contributed by atoms with Gasteiger partial charge in [0.25, 0.3) is 0 Å². The van der Waals surface area contributed by atoms with Crippen molar-refractivity contribution in [3.63, 3.8) is 0 Å². The summed E-state index contributed by atoms with van der Waals surface area (Å²) < 4.78 is 8.99. The Hall–Kier alpha value is -2.68. The van der Waals surface area contributed by atoms with Gasteiger partial charge in [0.15, 0.2) is 5.82 Å². The molecule has 0 bridgehead atoms. The van der Waals surface area contributed by atoms with Crippen molar-refractivity contribution in [2.45, 2.75) is 46.6 Å². The Balaban J connectivity index is 1.76. The number of ether oxygens (including phenoxy) is 1. The number of hydrogen-bond acceptors (Lipinski definition) is 7. The number of nitrogens with zero attached hydrogens (tertiary/aromatic N) is 4. The van der Waals surface area contributed by atoms with Crippen molar-refractivity contribution in [3.05, 3.63) is 41.3 Å². The third-order valence-corrected chi connectivity index (χ3v) is 8.57. The first kappa shape index (κ1) is 24.0. The highest BCUT2D eigenvalue weighted by atomic mass is 32.1. The lowest BCUT2D eigenvalue weighted by Gasteiger charge is -2.27. The molecule has 0 radical (unpaired) electrons. The van der Waals surface area contributed by atoms with Crippen LogP contribution in [0.2, 0.25) is 0 Å². The molecule has 7 nitrogen and oxygen atoms in total. The fourth-order valence-electron chi connectivity index (χ4n) is 5.35. The van der Waals surface area contributed by atoms with Crippen LogP contribution in [-0.2, 0) is 13.0 Å². The fourth-order valence-corrected chi connectivity index (χ4v) is 6.56. The molecule has 1 saturated heterocycles. The second kappa shape index (κ2) is 10.1. The SMILES string of the molecule is CCC(CC)Cc1c(-c2cc3cc(C)cc(OC)c3s2)c2c(N)ncnn2c1CN1CCNCC1. The van der Waals surface area contributed by atoms with Crippen LogP contribution in [0.5, 0.6) is 5.75 Å². The maximum absolute atomic E-state index is 6.56. The second-order valence-electron chi connectivity index (χ2n) is 9.61. The van der Waals surface area contributed by atoms with Gasteiger partial charge in [0.1, 0.15) is 17.6 Å². The predicted octanol–water partition coefficient (Wildman–Crippen LogP) is 4.89. The molecule has 0 spiro atoms. The first-order chi connectivity index (χ1) is 17.0. The average Bonchev–Trinajstić information content (AvgIpc) is 3.42. The van der Waals surface area contributed by atoms with E-state index in [1.54, 1.807) is 24.8 Å². The van der Waals surface area contributed by atoms with E-state index in [2.05, 4.69) is 58.7 Å². The number of nitrogen functional groups attached to an aromatic ring is 1. The lowest BCUT2D eigenvalue weighted by molar-refractivity contribution is 0.228. The number of aryl methyl sites for hydroxylation is 1. The van der Waals surface area contributed by atoms with Crippen molar-refractivity contribution < 1.29 is 4.74 Å². The number of aromatic nitrogens is 3. The minimum absolute atomic E-state index is 0.535. The molecule has 0 atom stereocenters. The number of hydrogen-bond donors (Lipinski definition) is 2. The summed E-state index contributed by atoms with van der Waals surface area (Å²) in [4.78, 5) is 8.14. The quantitative estimate of drug-likeness (QED) is 0.364. The Kier molecular flexibility index (Phi) is 6.95. The number of thiophene rings is 1. The van der Waals surface area contributed by atoms with Crippen molar-refractivity contribution in [1.82, 2.24) is 24.8 Å². The van der Waals surface area contributed by atoms with E-state index in [0.717, 1.165) is 63.3 Å². The Labute approximate surface area is 211 Å². The van der Waals surface area contributed by atoms with Crippen LogP contribution < -0.4 is 15.8 Å². The topological polar surface area (TPSA) is 80.7 Å². The lowest BCUT2D eigenvalue weighted by Crippen LogP contribution is -2.43. The highest BCUT2D eigenvalue weighted by molar-refractivity contribution is 7.22. The standard InChI is InChI=1S/C27H36N6OS/c1-5-18(6-2)13-20-21(15-32-9-7-29-8-10-32)33-25(27(28)30-16-31-33)24(20)23-14-19-11-17(3)12-22(34-4)26(19)35-23/h11-12,14,16,18,29H,5-10,13,15H2,1-4H3,(H2,28,30,31). The van der Waals surface area contributed by atoms with Crippen LogP contribution in [0.1, 0.15) is 43.5 Å². The number of fused-ring (bicyclic) bond motifs is 2. The highest BCUT2D eigenvalue weighted by Crippen LogP contribution is 2.45. The number of rotatable bonds is 8. The summed E-state index contributed by atoms with van der Waals surface area (Å²) in [5, 5.41) is 9.41. The fraction of sp³-hybridized carbons (Fsp3) is 0.481. The van der Waals surface area contributed by atoms with Gasteiger partial charge in [0, 0.05) is 43.2 Å². The third-order valence-electron chi connectivity index (χ3n) is 7.38. The maximum atomic E-state index is 6.56. The molecule has 1 aliphatic rings. The Bertz CT molecular complexity index is 1330. The summed E-state index contributed by atoms with van der Waals surface area (Å²) in [6.07, 6.45) is 4.90. The number of anilines is 1. The number of methoxy groups -OCH3 is 1. The molecule has 1 fully saturated rings. The Morgan fingerprint density at radius 2 is 1.94 bits per heavy atom. The smallest absolute Gasteiger partial charge is 0.152 e. The van der Waals surface area contributed by atoms with E-state index in [4.69, 9.17) is 15.6 Å². The van der Waals surface area contributed by atoms with Gasteiger partial charge in [0.05, 0.1) is 17.5 Å². The predicted molar refractivity (Wildman–Crippen MR) is 145 cm³/mol. The molecule has 0 amide bonds. The maximum Gasteiger partial charge on any atom is 0.152 e. The van der Waals surface area contributed by atoms with Crippen LogP contribution in [0.25, 0.3) is 26.0 Å². The van der Waals surface area contributed by atoms with Crippen molar-refractivity contribution in [2.24, 2.45) is 5.92 Å². The molecule has 1 aliphatic heterocycles. The number of nitrogens with one attached hydrogen (secondary N) is 1. The number of piperazine rings is 1. The van der Waals surface area contributed by atoms with Gasteiger partial charge in [-0.05, 0) is 47.9 Å². The van der Waals surface area contributed by atoms with Crippen molar-refractivity contribution in [2.75, 3.05) is 39.0 Å². The monoisotopic (exact) mass is 492 g/mol. The number of benzene rings is 1. The molecule has 8 heteroatoms. The van der Waals surface area contributed by atoms with Gasteiger partial charge in [-0.1, -0.05) is 32.8 Å². The van der Waals surface area contributed by atoms with E-state index in [1.807, 2.05) is 0 Å². The van der Waals surface area contributed by atoms with Gasteiger partial charge >= 0.3 is 0 Å². The van der Waals surface area contributed by atoms with Gasteiger partial charge < -0.3 is 15.8 Å². The van der Waals surface area contributed by atoms with Crippen LogP contribution >= 0.6 is 11.3 Å². The average molecular weight is 493 g/mol. The van der Waals surface area contributed by atoms with Crippen LogP contribution in [-0.4, -0.2) is 52.8 Å². The van der Waals surface area contributed by atoms with Gasteiger partial charge in [-0.25, -0.2) is 9.50 Å². The highest BCUT2D eigenvalue weighted by Gasteiger charge is 2.27. The summed E-state index contributed by atoms with van der Waals surface area (Å²) >= 11 is 1.78. The molecule has 4 aromatic rings. The summed E-state index contributed by atoms with van der Waals surface area (Å²) in [7, 11) is 1.75. The van der Waals surface area contributed by atoms with Crippen LogP contribution in [0.4, 0.5) is 5.82 Å². The first-order valence-corrected chi connectivity index (χ1v) is 13.5. The third kappa shape index (κ3) is 4.50. The molecular formula is C27H36N6OS. The molecule has 0 saturated carbocycles. The summed E-state index contributed by atoms with van der Waals surface area (Å²) in [6, 6.07) is 6.64. The molecule has 3 aromatic heterocycles. The summed E-state index contributed by atoms with van der Waals surface area (Å²) in [6.45, 7) is 11.7. The van der Waals surface area contributed by atoms with E-state index < -0.39 is 0 Å². The second-order valence-corrected chi connectivity index (χ2v) is 10.7. The molecule has 0 unspecified atom stereocenters. The van der Waals surface area contributed by atoms with Crippen molar-refractivity contribution >= 4 is 32.8 Å². The van der Waals surface area contributed by atoms with Crippen molar-refractivity contribution in [1.29, 1.82) is 0 Å². The molecule has 0 aliphatic carbocycles. The number of nitrogens with two attached hydrogens (primary N) is 1. The van der Waals surface area contributed by atoms with Gasteiger partial charge in [0.2, 0.25) is 0 Å². The van der Waals surface area contributed by atoms with Crippen LogP contribution in [0.15, 0.2) is 24.5 Å². The largest absolute Gasteiger partial charge is 0.495 e. The summed E-state index contributed by atoms with van der Waals surface area (Å²) in [5.74, 6) is 2.06. The minimum Gasteiger partial charge on any atom is -0.495 e. The Morgan fingerprint density at radius 3 is 2.66 bits per heavy atom. The molecule has 3 N–H and O–H groups in total. The lowest BCUT2D eigenvalue weighted by atomic mass is 9.91. The molecule has 1 aromatic carbocycles. The summed E-state index contributed by atoms with van der Waals surface area (Å²) in [5.41, 5.74) is 12.5. The molecule has 35 heavy (non-hydrogen) atoms. The van der Waals surface area contributed by atoms with Crippen LogP contribution in [0, 0.1) is 12.8 Å². The van der Waals surface area contributed by atoms with E-state index >= 15 is 0 Å². The van der Waals surface area contributed by atoms with Crippen molar-refractivity contribution in [3.8, 4) is 16.2 Å². The van der Waals surface area contributed by atoms with E-state index in [0.29, 0.717) is 11.7 Å². The molecular weight excluding hydrogens is 456 g/mol. The Morgan fingerprint density at radius 1 is 1.17 bits per heavy atom. The molecule has 186 valence electrons. The molecule has 5 rings (SSSR count). The van der Waals surface area contributed by atoms with Gasteiger partial charge in [-0.3, -0.25) is 4.90 Å².